The second-order valence-electron chi connectivity index (χ2n) is 5.40. The number of nitrogens with one attached hydrogen (secondary N) is 1. The van der Waals surface area contributed by atoms with Crippen LogP contribution in [0.2, 0.25) is 0 Å². The summed E-state index contributed by atoms with van der Waals surface area (Å²) < 4.78 is 2.97. The van der Waals surface area contributed by atoms with Crippen molar-refractivity contribution >= 4 is 27.7 Å². The molecular formula is C14H18BrN3O2. The molecule has 20 heavy (non-hydrogen) atoms. The summed E-state index contributed by atoms with van der Waals surface area (Å²) in [6.45, 7) is 3.05. The van der Waals surface area contributed by atoms with Crippen LogP contribution in [0, 0.1) is 0 Å². The SMILES string of the molecule is CCC1C(=O)NCCN1C(=O)c1cc(Br)cn1C1CC1. The molecule has 108 valence electrons. The van der Waals surface area contributed by atoms with Crippen molar-refractivity contribution in [2.24, 2.45) is 0 Å². The molecule has 0 aromatic carbocycles. The zero-order chi connectivity index (χ0) is 14.3. The van der Waals surface area contributed by atoms with Crippen molar-refractivity contribution in [1.82, 2.24) is 14.8 Å². The molecule has 2 fully saturated rings. The van der Waals surface area contributed by atoms with Crippen molar-refractivity contribution in [2.75, 3.05) is 13.1 Å². The molecule has 1 N–H and O–H groups in total. The molecular weight excluding hydrogens is 322 g/mol. The van der Waals surface area contributed by atoms with Crippen LogP contribution < -0.4 is 5.32 Å². The fourth-order valence-corrected chi connectivity index (χ4v) is 3.22. The molecule has 1 aromatic rings. The van der Waals surface area contributed by atoms with Crippen molar-refractivity contribution < 1.29 is 9.59 Å². The minimum Gasteiger partial charge on any atom is -0.353 e. The molecule has 2 heterocycles. The van der Waals surface area contributed by atoms with Gasteiger partial charge in [-0.2, -0.15) is 0 Å². The second kappa shape index (κ2) is 5.24. The number of carbonyl (C=O) groups is 2. The number of nitrogens with zero attached hydrogens (tertiary/aromatic N) is 2. The van der Waals surface area contributed by atoms with Gasteiger partial charge in [0, 0.05) is 29.8 Å². The molecule has 3 rings (SSSR count). The Morgan fingerprint density at radius 1 is 1.50 bits per heavy atom. The van der Waals surface area contributed by atoms with E-state index in [9.17, 15) is 9.59 Å². The number of amides is 2. The fraction of sp³-hybridized carbons (Fsp3) is 0.571. The standard InChI is InChI=1S/C14H18BrN3O2/c1-2-11-13(19)16-5-6-17(11)14(20)12-7-9(15)8-18(12)10-3-4-10/h7-8,10-11H,2-6H2,1H3,(H,16,19). The first-order chi connectivity index (χ1) is 9.61. The Bertz CT molecular complexity index is 551. The van der Waals surface area contributed by atoms with Crippen molar-refractivity contribution in [1.29, 1.82) is 0 Å². The Hall–Kier alpha value is -1.30. The van der Waals surface area contributed by atoms with Gasteiger partial charge in [-0.15, -0.1) is 0 Å². The number of carbonyl (C=O) groups excluding carboxylic acids is 2. The van der Waals surface area contributed by atoms with E-state index in [1.54, 1.807) is 4.90 Å². The Kier molecular flexibility index (Phi) is 3.58. The molecule has 1 saturated carbocycles. The first-order valence-electron chi connectivity index (χ1n) is 7.08. The summed E-state index contributed by atoms with van der Waals surface area (Å²) in [5, 5.41) is 2.83. The van der Waals surface area contributed by atoms with E-state index in [1.807, 2.05) is 23.8 Å². The van der Waals surface area contributed by atoms with Crippen LogP contribution in [0.25, 0.3) is 0 Å². The molecule has 2 aliphatic rings. The molecule has 1 saturated heterocycles. The van der Waals surface area contributed by atoms with Crippen molar-refractivity contribution in [3.05, 3.63) is 22.4 Å². The lowest BCUT2D eigenvalue weighted by atomic mass is 10.1. The van der Waals surface area contributed by atoms with Crippen LogP contribution >= 0.6 is 15.9 Å². The minimum atomic E-state index is -0.349. The Balaban J connectivity index is 1.89. The minimum absolute atomic E-state index is 0.0377. The van der Waals surface area contributed by atoms with Crippen LogP contribution in [0.15, 0.2) is 16.7 Å². The summed E-state index contributed by atoms with van der Waals surface area (Å²) in [6.07, 6.45) is 4.86. The fourth-order valence-electron chi connectivity index (χ4n) is 2.78. The Morgan fingerprint density at radius 2 is 2.25 bits per heavy atom. The number of piperazine rings is 1. The van der Waals surface area contributed by atoms with Crippen LogP contribution in [-0.2, 0) is 4.79 Å². The van der Waals surface area contributed by atoms with Crippen LogP contribution in [0.4, 0.5) is 0 Å². The summed E-state index contributed by atoms with van der Waals surface area (Å²) >= 11 is 3.44. The zero-order valence-electron chi connectivity index (χ0n) is 11.4. The molecule has 1 aromatic heterocycles. The lowest BCUT2D eigenvalue weighted by molar-refractivity contribution is -0.127. The monoisotopic (exact) mass is 339 g/mol. The first-order valence-corrected chi connectivity index (χ1v) is 7.87. The predicted molar refractivity (Wildman–Crippen MR) is 78.5 cm³/mol. The summed E-state index contributed by atoms with van der Waals surface area (Å²) in [4.78, 5) is 26.4. The third-order valence-corrected chi connectivity index (χ3v) is 4.39. The van der Waals surface area contributed by atoms with E-state index < -0.39 is 0 Å². The highest BCUT2D eigenvalue weighted by molar-refractivity contribution is 9.10. The predicted octanol–water partition coefficient (Wildman–Crippen LogP) is 1.94. The lowest BCUT2D eigenvalue weighted by Gasteiger charge is -2.34. The van der Waals surface area contributed by atoms with E-state index in [0.717, 1.165) is 17.3 Å². The molecule has 2 amide bonds. The van der Waals surface area contributed by atoms with Gasteiger partial charge < -0.3 is 14.8 Å². The zero-order valence-corrected chi connectivity index (χ0v) is 13.0. The molecule has 0 radical (unpaired) electrons. The van der Waals surface area contributed by atoms with E-state index in [2.05, 4.69) is 21.2 Å². The van der Waals surface area contributed by atoms with Crippen LogP contribution in [0.5, 0.6) is 0 Å². The Morgan fingerprint density at radius 3 is 2.90 bits per heavy atom. The number of hydrogen-bond acceptors (Lipinski definition) is 2. The molecule has 6 heteroatoms. The van der Waals surface area contributed by atoms with Crippen molar-refractivity contribution in [2.45, 2.75) is 38.3 Å². The summed E-state index contributed by atoms with van der Waals surface area (Å²) in [6, 6.07) is 1.95. The molecule has 1 unspecified atom stereocenters. The third kappa shape index (κ3) is 2.37. The van der Waals surface area contributed by atoms with Crippen LogP contribution in [0.3, 0.4) is 0 Å². The number of halogens is 1. The van der Waals surface area contributed by atoms with E-state index in [-0.39, 0.29) is 17.9 Å². The topological polar surface area (TPSA) is 54.3 Å². The molecule has 1 atom stereocenters. The van der Waals surface area contributed by atoms with Crippen LogP contribution in [-0.4, -0.2) is 40.4 Å². The lowest BCUT2D eigenvalue weighted by Crippen LogP contribution is -2.57. The number of aromatic nitrogens is 1. The third-order valence-electron chi connectivity index (χ3n) is 3.95. The van der Waals surface area contributed by atoms with Gasteiger partial charge in [0.1, 0.15) is 11.7 Å². The highest BCUT2D eigenvalue weighted by Crippen LogP contribution is 2.38. The van der Waals surface area contributed by atoms with Gasteiger partial charge in [0.15, 0.2) is 0 Å². The molecule has 1 aliphatic heterocycles. The van der Waals surface area contributed by atoms with Gasteiger partial charge in [-0.1, -0.05) is 6.92 Å². The van der Waals surface area contributed by atoms with Gasteiger partial charge in [0.25, 0.3) is 5.91 Å². The average molecular weight is 340 g/mol. The molecule has 0 bridgehead atoms. The number of rotatable bonds is 3. The van der Waals surface area contributed by atoms with Crippen molar-refractivity contribution in [3.8, 4) is 0 Å². The smallest absolute Gasteiger partial charge is 0.271 e. The molecule has 1 aliphatic carbocycles. The van der Waals surface area contributed by atoms with E-state index in [4.69, 9.17) is 0 Å². The maximum atomic E-state index is 12.8. The van der Waals surface area contributed by atoms with Crippen molar-refractivity contribution in [3.63, 3.8) is 0 Å². The second-order valence-corrected chi connectivity index (χ2v) is 6.31. The summed E-state index contributed by atoms with van der Waals surface area (Å²) in [5.41, 5.74) is 0.688. The summed E-state index contributed by atoms with van der Waals surface area (Å²) in [5.74, 6) is -0.0833. The maximum Gasteiger partial charge on any atom is 0.271 e. The van der Waals surface area contributed by atoms with Crippen LogP contribution in [0.1, 0.15) is 42.7 Å². The largest absolute Gasteiger partial charge is 0.353 e. The van der Waals surface area contributed by atoms with E-state index in [1.165, 1.54) is 0 Å². The quantitative estimate of drug-likeness (QED) is 0.914. The van der Waals surface area contributed by atoms with Gasteiger partial charge in [0.05, 0.1) is 0 Å². The molecule has 5 nitrogen and oxygen atoms in total. The summed E-state index contributed by atoms with van der Waals surface area (Å²) in [7, 11) is 0. The van der Waals surface area contributed by atoms with Gasteiger partial charge in [0.2, 0.25) is 5.91 Å². The number of hydrogen-bond donors (Lipinski definition) is 1. The highest BCUT2D eigenvalue weighted by atomic mass is 79.9. The van der Waals surface area contributed by atoms with Gasteiger partial charge in [-0.3, -0.25) is 9.59 Å². The maximum absolute atomic E-state index is 12.8. The highest BCUT2D eigenvalue weighted by Gasteiger charge is 2.35. The normalized spacial score (nSPS) is 22.8. The van der Waals surface area contributed by atoms with Gasteiger partial charge >= 0.3 is 0 Å². The Labute approximate surface area is 126 Å². The van der Waals surface area contributed by atoms with Gasteiger partial charge in [-0.05, 0) is 41.3 Å². The van der Waals surface area contributed by atoms with E-state index in [0.29, 0.717) is 31.2 Å². The first kappa shape index (κ1) is 13.7. The molecule has 0 spiro atoms. The average Bonchev–Trinajstić information content (AvgIpc) is 3.20. The van der Waals surface area contributed by atoms with E-state index >= 15 is 0 Å². The van der Waals surface area contributed by atoms with Gasteiger partial charge in [-0.25, -0.2) is 0 Å².